The average molecular weight is 254 g/mol. The number of carboxylic acid groups (broad SMARTS) is 1. The fraction of sp³-hybridized carbons (Fsp3) is 0.636. The van der Waals surface area contributed by atoms with Crippen molar-refractivity contribution in [3.63, 3.8) is 0 Å². The number of hydrogen-bond donors (Lipinski definition) is 2. The number of aryl methyl sites for hydroxylation is 1. The quantitative estimate of drug-likeness (QED) is 0.793. The van der Waals surface area contributed by atoms with Gasteiger partial charge in [0.05, 0.1) is 12.5 Å². The Morgan fingerprint density at radius 3 is 2.44 bits per heavy atom. The number of aromatic nitrogens is 3. The minimum Gasteiger partial charge on any atom is -0.481 e. The Balaban J connectivity index is 2.63. The molecule has 1 aromatic heterocycles. The van der Waals surface area contributed by atoms with Gasteiger partial charge in [-0.1, -0.05) is 13.8 Å². The van der Waals surface area contributed by atoms with Crippen LogP contribution in [-0.4, -0.2) is 44.1 Å². The van der Waals surface area contributed by atoms with Crippen LogP contribution >= 0.6 is 0 Å². The van der Waals surface area contributed by atoms with Gasteiger partial charge in [0.25, 0.3) is 0 Å². The molecule has 0 saturated heterocycles. The Kier molecular flexibility index (Phi) is 4.41. The summed E-state index contributed by atoms with van der Waals surface area (Å²) >= 11 is 0. The molecule has 7 heteroatoms. The van der Waals surface area contributed by atoms with Crippen molar-refractivity contribution in [1.82, 2.24) is 20.1 Å². The molecule has 0 fully saturated rings. The van der Waals surface area contributed by atoms with E-state index < -0.39 is 17.8 Å². The third kappa shape index (κ3) is 3.28. The largest absolute Gasteiger partial charge is 0.481 e. The maximum atomic E-state index is 12.0. The Morgan fingerprint density at radius 2 is 2.00 bits per heavy atom. The van der Waals surface area contributed by atoms with Crippen molar-refractivity contribution in [2.45, 2.75) is 27.3 Å². The van der Waals surface area contributed by atoms with Crippen molar-refractivity contribution < 1.29 is 14.7 Å². The van der Waals surface area contributed by atoms with E-state index in [9.17, 15) is 9.59 Å². The molecular formula is C11H18N4O3. The number of aliphatic carboxylic acids is 1. The second kappa shape index (κ2) is 5.61. The van der Waals surface area contributed by atoms with Crippen LogP contribution in [0.15, 0.2) is 0 Å². The van der Waals surface area contributed by atoms with E-state index >= 15 is 0 Å². The van der Waals surface area contributed by atoms with Gasteiger partial charge >= 0.3 is 5.97 Å². The van der Waals surface area contributed by atoms with Crippen LogP contribution in [0, 0.1) is 18.8 Å². The van der Waals surface area contributed by atoms with E-state index in [1.165, 1.54) is 11.8 Å². The minimum atomic E-state index is -0.974. The molecule has 1 rings (SSSR count). The number of nitrogens with one attached hydrogen (secondary N) is 1. The first-order valence-electron chi connectivity index (χ1n) is 5.68. The van der Waals surface area contributed by atoms with Crippen LogP contribution in [0.25, 0.3) is 0 Å². The maximum Gasteiger partial charge on any atom is 0.307 e. The lowest BCUT2D eigenvalue weighted by Crippen LogP contribution is -2.36. The monoisotopic (exact) mass is 254 g/mol. The Bertz CT molecular complexity index is 443. The van der Waals surface area contributed by atoms with Crippen molar-refractivity contribution in [2.24, 2.45) is 11.8 Å². The van der Waals surface area contributed by atoms with Gasteiger partial charge in [-0.05, 0) is 6.92 Å². The zero-order valence-electron chi connectivity index (χ0n) is 11.0. The van der Waals surface area contributed by atoms with Crippen molar-refractivity contribution in [3.8, 4) is 0 Å². The van der Waals surface area contributed by atoms with Gasteiger partial charge in [-0.2, -0.15) is 5.10 Å². The topological polar surface area (TPSA) is 99.2 Å². The van der Waals surface area contributed by atoms with Crippen LogP contribution < -0.4 is 0 Å². The predicted octanol–water partition coefficient (Wildman–Crippen LogP) is 0.428. The van der Waals surface area contributed by atoms with Crippen molar-refractivity contribution in [1.29, 1.82) is 0 Å². The van der Waals surface area contributed by atoms with Gasteiger partial charge in [0, 0.05) is 13.0 Å². The first-order chi connectivity index (χ1) is 8.32. The number of carboxylic acids is 1. The summed E-state index contributed by atoms with van der Waals surface area (Å²) in [5.41, 5.74) is 0. The van der Waals surface area contributed by atoms with E-state index in [1.54, 1.807) is 20.9 Å². The van der Waals surface area contributed by atoms with Crippen LogP contribution in [0.4, 0.5) is 0 Å². The molecule has 18 heavy (non-hydrogen) atoms. The zero-order chi connectivity index (χ0) is 13.9. The van der Waals surface area contributed by atoms with Crippen LogP contribution in [-0.2, 0) is 16.1 Å². The lowest BCUT2D eigenvalue weighted by Gasteiger charge is -2.22. The Morgan fingerprint density at radius 1 is 1.39 bits per heavy atom. The number of aromatic amines is 1. The highest BCUT2D eigenvalue weighted by molar-refractivity contribution is 5.84. The minimum absolute atomic E-state index is 0.229. The predicted molar refractivity (Wildman–Crippen MR) is 63.6 cm³/mol. The zero-order valence-corrected chi connectivity index (χ0v) is 11.0. The van der Waals surface area contributed by atoms with Crippen LogP contribution in [0.2, 0.25) is 0 Å². The van der Waals surface area contributed by atoms with Gasteiger partial charge in [-0.25, -0.2) is 4.98 Å². The summed E-state index contributed by atoms with van der Waals surface area (Å²) in [4.78, 5) is 28.4. The van der Waals surface area contributed by atoms with Crippen LogP contribution in [0.1, 0.15) is 25.5 Å². The maximum absolute atomic E-state index is 12.0. The normalized spacial score (nSPS) is 14.0. The first-order valence-corrected chi connectivity index (χ1v) is 5.68. The molecule has 0 aliphatic carbocycles. The van der Waals surface area contributed by atoms with Crippen molar-refractivity contribution >= 4 is 11.9 Å². The average Bonchev–Trinajstić information content (AvgIpc) is 2.71. The van der Waals surface area contributed by atoms with Crippen LogP contribution in [0.3, 0.4) is 0 Å². The summed E-state index contributed by atoms with van der Waals surface area (Å²) in [6.07, 6.45) is 0. The molecule has 100 valence electrons. The van der Waals surface area contributed by atoms with Gasteiger partial charge in [0.1, 0.15) is 5.82 Å². The molecule has 0 aromatic carbocycles. The van der Waals surface area contributed by atoms with E-state index in [4.69, 9.17) is 5.11 Å². The van der Waals surface area contributed by atoms with E-state index in [0.717, 1.165) is 0 Å². The molecule has 1 amide bonds. The molecule has 0 saturated carbocycles. The summed E-state index contributed by atoms with van der Waals surface area (Å²) in [6.45, 7) is 5.17. The second-order valence-corrected chi connectivity index (χ2v) is 4.45. The van der Waals surface area contributed by atoms with E-state index in [2.05, 4.69) is 15.2 Å². The van der Waals surface area contributed by atoms with Gasteiger partial charge in [0.15, 0.2) is 5.82 Å². The van der Waals surface area contributed by atoms with Gasteiger partial charge in [0.2, 0.25) is 5.91 Å². The fourth-order valence-electron chi connectivity index (χ4n) is 1.53. The van der Waals surface area contributed by atoms with Gasteiger partial charge in [-0.15, -0.1) is 0 Å². The smallest absolute Gasteiger partial charge is 0.307 e. The molecule has 0 aliphatic rings. The molecule has 7 nitrogen and oxygen atoms in total. The van der Waals surface area contributed by atoms with Gasteiger partial charge in [-0.3, -0.25) is 14.7 Å². The molecule has 1 heterocycles. The summed E-state index contributed by atoms with van der Waals surface area (Å²) in [5, 5.41) is 15.5. The number of carbonyl (C=O) groups excluding carboxylic acids is 1. The van der Waals surface area contributed by atoms with Crippen molar-refractivity contribution in [2.75, 3.05) is 7.05 Å². The fourth-order valence-corrected chi connectivity index (χ4v) is 1.53. The molecule has 0 radical (unpaired) electrons. The summed E-state index contributed by atoms with van der Waals surface area (Å²) in [6, 6.07) is 0. The number of rotatable bonds is 5. The van der Waals surface area contributed by atoms with Gasteiger partial charge < -0.3 is 10.0 Å². The standard InChI is InChI=1S/C11H18N4O3/c1-6(7(2)11(17)18)10(16)15(4)5-9-12-8(3)13-14-9/h6-7H,5H2,1-4H3,(H,17,18)(H,12,13,14). The highest BCUT2D eigenvalue weighted by Gasteiger charge is 2.28. The highest BCUT2D eigenvalue weighted by Crippen LogP contribution is 2.14. The van der Waals surface area contributed by atoms with E-state index in [0.29, 0.717) is 11.6 Å². The Labute approximate surface area is 105 Å². The summed E-state index contributed by atoms with van der Waals surface area (Å²) in [7, 11) is 1.61. The summed E-state index contributed by atoms with van der Waals surface area (Å²) in [5.74, 6) is -1.30. The number of hydrogen-bond acceptors (Lipinski definition) is 4. The first kappa shape index (κ1) is 14.1. The molecule has 2 N–H and O–H groups in total. The SMILES string of the molecule is Cc1nc(CN(C)C(=O)C(C)C(C)C(=O)O)n[nH]1. The molecule has 0 aliphatic heterocycles. The lowest BCUT2D eigenvalue weighted by atomic mass is 9.95. The Hall–Kier alpha value is -1.92. The number of H-pyrrole nitrogens is 1. The molecule has 2 atom stereocenters. The van der Waals surface area contributed by atoms with Crippen LogP contribution in [0.5, 0.6) is 0 Å². The molecule has 1 aromatic rings. The van der Waals surface area contributed by atoms with E-state index in [-0.39, 0.29) is 12.5 Å². The molecule has 2 unspecified atom stereocenters. The van der Waals surface area contributed by atoms with E-state index in [1.807, 2.05) is 0 Å². The number of amides is 1. The molecular weight excluding hydrogens is 236 g/mol. The summed E-state index contributed by atoms with van der Waals surface area (Å²) < 4.78 is 0. The third-order valence-electron chi connectivity index (χ3n) is 2.93. The second-order valence-electron chi connectivity index (χ2n) is 4.45. The van der Waals surface area contributed by atoms with Crippen molar-refractivity contribution in [3.05, 3.63) is 11.6 Å². The highest BCUT2D eigenvalue weighted by atomic mass is 16.4. The number of carbonyl (C=O) groups is 2. The third-order valence-corrected chi connectivity index (χ3v) is 2.93. The molecule has 0 bridgehead atoms. The lowest BCUT2D eigenvalue weighted by molar-refractivity contribution is -0.148. The number of nitrogens with zero attached hydrogens (tertiary/aromatic N) is 3. The molecule has 0 spiro atoms.